The standard InChI is InChI=1S/C24H18FN7/c1-13-7-15(9-17(25)8-13)18-5-6-26-23-21(18)28-24(29-23)22-19-10-14(3-4-20(19)30-31-22)16-11-27-32(2)12-16/h3-12H,1-2H3,(H,30,31)(H,26,28,29). The van der Waals surface area contributed by atoms with Gasteiger partial charge in [-0.2, -0.15) is 10.2 Å². The third kappa shape index (κ3) is 2.96. The quantitative estimate of drug-likeness (QED) is 0.419. The van der Waals surface area contributed by atoms with Crippen LogP contribution in [-0.2, 0) is 7.05 Å². The lowest BCUT2D eigenvalue weighted by molar-refractivity contribution is 0.627. The summed E-state index contributed by atoms with van der Waals surface area (Å²) in [6, 6.07) is 12.9. The van der Waals surface area contributed by atoms with E-state index in [0.717, 1.165) is 44.2 Å². The lowest BCUT2D eigenvalue weighted by Crippen LogP contribution is -1.86. The first-order chi connectivity index (χ1) is 15.5. The fraction of sp³-hybridized carbons (Fsp3) is 0.0833. The number of hydrogen-bond donors (Lipinski definition) is 2. The van der Waals surface area contributed by atoms with Crippen LogP contribution in [0.25, 0.3) is 55.8 Å². The van der Waals surface area contributed by atoms with Gasteiger partial charge in [-0.1, -0.05) is 12.1 Å². The van der Waals surface area contributed by atoms with E-state index in [1.165, 1.54) is 12.1 Å². The highest BCUT2D eigenvalue weighted by molar-refractivity contribution is 5.97. The molecule has 4 heterocycles. The van der Waals surface area contributed by atoms with Crippen LogP contribution in [0.1, 0.15) is 5.56 Å². The highest BCUT2D eigenvalue weighted by atomic mass is 19.1. The van der Waals surface area contributed by atoms with Gasteiger partial charge in [0.2, 0.25) is 0 Å². The number of nitrogens with zero attached hydrogens (tertiary/aromatic N) is 5. The molecule has 8 heteroatoms. The van der Waals surface area contributed by atoms with Crippen molar-refractivity contribution in [2.24, 2.45) is 7.05 Å². The Labute approximate surface area is 182 Å². The van der Waals surface area contributed by atoms with Gasteiger partial charge < -0.3 is 4.98 Å². The minimum atomic E-state index is -0.272. The predicted molar refractivity (Wildman–Crippen MR) is 121 cm³/mol. The van der Waals surface area contributed by atoms with Crippen molar-refractivity contribution < 1.29 is 4.39 Å². The topological polar surface area (TPSA) is 88.1 Å². The Hall–Kier alpha value is -4.33. The maximum atomic E-state index is 14.0. The zero-order valence-electron chi connectivity index (χ0n) is 17.4. The van der Waals surface area contributed by atoms with Crippen molar-refractivity contribution in [3.63, 3.8) is 0 Å². The maximum Gasteiger partial charge on any atom is 0.178 e. The molecule has 2 N–H and O–H groups in total. The summed E-state index contributed by atoms with van der Waals surface area (Å²) >= 11 is 0. The number of hydrogen-bond acceptors (Lipinski definition) is 4. The van der Waals surface area contributed by atoms with E-state index in [0.29, 0.717) is 17.2 Å². The number of aryl methyl sites for hydroxylation is 2. The summed E-state index contributed by atoms with van der Waals surface area (Å²) in [6.45, 7) is 1.87. The van der Waals surface area contributed by atoms with E-state index in [1.807, 2.05) is 50.6 Å². The average molecular weight is 423 g/mol. The van der Waals surface area contributed by atoms with Crippen molar-refractivity contribution >= 4 is 22.1 Å². The third-order valence-electron chi connectivity index (χ3n) is 5.57. The monoisotopic (exact) mass is 423 g/mol. The van der Waals surface area contributed by atoms with Crippen LogP contribution >= 0.6 is 0 Å². The summed E-state index contributed by atoms with van der Waals surface area (Å²) in [7, 11) is 1.89. The van der Waals surface area contributed by atoms with Crippen LogP contribution in [0.3, 0.4) is 0 Å². The van der Waals surface area contributed by atoms with E-state index in [9.17, 15) is 4.39 Å². The molecule has 0 saturated heterocycles. The van der Waals surface area contributed by atoms with Gasteiger partial charge in [0.1, 0.15) is 11.5 Å². The fourth-order valence-corrected chi connectivity index (χ4v) is 4.10. The first kappa shape index (κ1) is 18.4. The Morgan fingerprint density at radius 2 is 1.91 bits per heavy atom. The van der Waals surface area contributed by atoms with Crippen molar-refractivity contribution in [1.82, 2.24) is 34.9 Å². The van der Waals surface area contributed by atoms with Crippen molar-refractivity contribution in [3.8, 4) is 33.8 Å². The van der Waals surface area contributed by atoms with Crippen LogP contribution in [0.2, 0.25) is 0 Å². The summed E-state index contributed by atoms with van der Waals surface area (Å²) in [6.07, 6.45) is 5.49. The summed E-state index contributed by atoms with van der Waals surface area (Å²) in [5.74, 6) is 0.327. The van der Waals surface area contributed by atoms with E-state index in [1.54, 1.807) is 10.9 Å². The molecule has 0 spiro atoms. The second-order valence-corrected chi connectivity index (χ2v) is 7.90. The number of rotatable bonds is 3. The van der Waals surface area contributed by atoms with Gasteiger partial charge in [0.05, 0.1) is 17.2 Å². The van der Waals surface area contributed by atoms with Crippen LogP contribution in [0.4, 0.5) is 4.39 Å². The van der Waals surface area contributed by atoms with Crippen molar-refractivity contribution in [3.05, 3.63) is 72.4 Å². The fourth-order valence-electron chi connectivity index (χ4n) is 4.10. The van der Waals surface area contributed by atoms with Gasteiger partial charge >= 0.3 is 0 Å². The van der Waals surface area contributed by atoms with Crippen LogP contribution in [-0.4, -0.2) is 34.9 Å². The van der Waals surface area contributed by atoms with Gasteiger partial charge in [0, 0.05) is 36.0 Å². The van der Waals surface area contributed by atoms with Crippen LogP contribution in [0.5, 0.6) is 0 Å². The summed E-state index contributed by atoms with van der Waals surface area (Å²) in [4.78, 5) is 12.5. The van der Waals surface area contributed by atoms with Gasteiger partial charge in [0.25, 0.3) is 0 Å². The van der Waals surface area contributed by atoms with E-state index in [4.69, 9.17) is 0 Å². The van der Waals surface area contributed by atoms with Gasteiger partial charge in [-0.15, -0.1) is 0 Å². The average Bonchev–Trinajstić information content (AvgIpc) is 3.49. The van der Waals surface area contributed by atoms with Crippen molar-refractivity contribution in [1.29, 1.82) is 0 Å². The number of aromatic nitrogens is 7. The Morgan fingerprint density at radius 1 is 1.00 bits per heavy atom. The van der Waals surface area contributed by atoms with Gasteiger partial charge in [-0.3, -0.25) is 9.78 Å². The number of nitrogens with one attached hydrogen (secondary N) is 2. The SMILES string of the molecule is Cc1cc(F)cc(-c2ccnc3nc(-c4n[nH]c5ccc(-c6cnn(C)c6)cc45)[nH]c23)c1. The molecule has 6 aromatic rings. The van der Waals surface area contributed by atoms with Gasteiger partial charge in [-0.05, 0) is 53.9 Å². The molecule has 6 rings (SSSR count). The summed E-state index contributed by atoms with van der Waals surface area (Å²) < 4.78 is 15.8. The van der Waals surface area contributed by atoms with Gasteiger partial charge in [0.15, 0.2) is 11.5 Å². The van der Waals surface area contributed by atoms with E-state index >= 15 is 0 Å². The number of halogens is 1. The Morgan fingerprint density at radius 3 is 2.72 bits per heavy atom. The normalized spacial score (nSPS) is 11.6. The molecule has 0 amide bonds. The number of imidazole rings is 1. The Balaban J connectivity index is 1.51. The molecule has 156 valence electrons. The highest BCUT2D eigenvalue weighted by Gasteiger charge is 2.17. The minimum absolute atomic E-state index is 0.272. The number of aromatic amines is 2. The largest absolute Gasteiger partial charge is 0.335 e. The molecule has 4 aromatic heterocycles. The summed E-state index contributed by atoms with van der Waals surface area (Å²) in [5, 5.41) is 12.8. The molecule has 0 aliphatic heterocycles. The lowest BCUT2D eigenvalue weighted by Gasteiger charge is -2.04. The second kappa shape index (κ2) is 6.84. The van der Waals surface area contributed by atoms with E-state index in [-0.39, 0.29) is 5.82 Å². The number of H-pyrrole nitrogens is 2. The molecule has 0 radical (unpaired) electrons. The molecule has 0 atom stereocenters. The van der Waals surface area contributed by atoms with E-state index < -0.39 is 0 Å². The first-order valence-corrected chi connectivity index (χ1v) is 10.1. The summed E-state index contributed by atoms with van der Waals surface area (Å²) in [5.41, 5.74) is 7.43. The molecule has 0 aliphatic carbocycles. The zero-order chi connectivity index (χ0) is 21.8. The number of fused-ring (bicyclic) bond motifs is 2. The molecule has 0 saturated carbocycles. The molecule has 32 heavy (non-hydrogen) atoms. The zero-order valence-corrected chi connectivity index (χ0v) is 17.4. The van der Waals surface area contributed by atoms with Crippen LogP contribution in [0.15, 0.2) is 61.1 Å². The van der Waals surface area contributed by atoms with Gasteiger partial charge in [-0.25, -0.2) is 14.4 Å². The number of benzene rings is 2. The molecule has 0 unspecified atom stereocenters. The molecule has 2 aromatic carbocycles. The van der Waals surface area contributed by atoms with E-state index in [2.05, 4.69) is 36.3 Å². The smallest absolute Gasteiger partial charge is 0.178 e. The molecule has 7 nitrogen and oxygen atoms in total. The molecule has 0 aliphatic rings. The highest BCUT2D eigenvalue weighted by Crippen LogP contribution is 2.33. The second-order valence-electron chi connectivity index (χ2n) is 7.90. The van der Waals surface area contributed by atoms with Crippen molar-refractivity contribution in [2.45, 2.75) is 6.92 Å². The van der Waals surface area contributed by atoms with Crippen LogP contribution in [0, 0.1) is 12.7 Å². The minimum Gasteiger partial charge on any atom is -0.335 e. The lowest BCUT2D eigenvalue weighted by atomic mass is 10.0. The molecular weight excluding hydrogens is 405 g/mol. The molecule has 0 bridgehead atoms. The molecular formula is C24H18FN7. The van der Waals surface area contributed by atoms with Crippen molar-refractivity contribution in [2.75, 3.05) is 0 Å². The Bertz CT molecular complexity index is 1600. The third-order valence-corrected chi connectivity index (χ3v) is 5.57. The maximum absolute atomic E-state index is 14.0. The Kier molecular flexibility index (Phi) is 3.94. The van der Waals surface area contributed by atoms with Crippen LogP contribution < -0.4 is 0 Å². The molecule has 0 fully saturated rings. The first-order valence-electron chi connectivity index (χ1n) is 10.1. The number of pyridine rings is 1. The predicted octanol–water partition coefficient (Wildman–Crippen LogP) is 5.02.